The predicted molar refractivity (Wildman–Crippen MR) is 54.1 cm³/mol. The molecule has 0 aliphatic carbocycles. The zero-order chi connectivity index (χ0) is 9.97. The molecule has 0 saturated carbocycles. The van der Waals surface area contributed by atoms with Gasteiger partial charge in [-0.2, -0.15) is 0 Å². The fourth-order valence-electron chi connectivity index (χ4n) is 1.55. The highest BCUT2D eigenvalue weighted by Crippen LogP contribution is 2.16. The minimum atomic E-state index is -0.0288. The second-order valence-corrected chi connectivity index (χ2v) is 4.31. The van der Waals surface area contributed by atoms with E-state index < -0.39 is 0 Å². The fraction of sp³-hybridized carbons (Fsp3) is 0.625. The highest BCUT2D eigenvalue weighted by molar-refractivity contribution is 7.16. The summed E-state index contributed by atoms with van der Waals surface area (Å²) >= 11 is 1.15. The molecule has 0 unspecified atom stereocenters. The molecule has 14 heavy (non-hydrogen) atoms. The van der Waals surface area contributed by atoms with Crippen LogP contribution < -0.4 is 5.73 Å². The van der Waals surface area contributed by atoms with Crippen LogP contribution in [0, 0.1) is 0 Å². The molecule has 1 aliphatic heterocycles. The van der Waals surface area contributed by atoms with Crippen molar-refractivity contribution >= 4 is 22.4 Å². The van der Waals surface area contributed by atoms with Crippen LogP contribution in [0.25, 0.3) is 0 Å². The van der Waals surface area contributed by atoms with Gasteiger partial charge in [-0.05, 0) is 19.3 Å². The molecule has 0 aromatic carbocycles. The molecule has 0 atom stereocenters. The zero-order valence-electron chi connectivity index (χ0n) is 7.77. The van der Waals surface area contributed by atoms with Gasteiger partial charge in [-0.15, -0.1) is 10.2 Å². The first-order valence-corrected chi connectivity index (χ1v) is 5.47. The van der Waals surface area contributed by atoms with Crippen LogP contribution in [0.1, 0.15) is 29.1 Å². The normalized spacial score (nSPS) is 17.0. The minimum absolute atomic E-state index is 0.0288. The molecule has 2 rings (SSSR count). The van der Waals surface area contributed by atoms with Crippen molar-refractivity contribution in [3.8, 4) is 0 Å². The van der Waals surface area contributed by atoms with E-state index >= 15 is 0 Å². The van der Waals surface area contributed by atoms with Crippen LogP contribution in [0.2, 0.25) is 0 Å². The van der Waals surface area contributed by atoms with Gasteiger partial charge >= 0.3 is 0 Å². The van der Waals surface area contributed by atoms with E-state index in [1.807, 2.05) is 4.90 Å². The summed E-state index contributed by atoms with van der Waals surface area (Å²) in [6, 6.07) is 0. The average molecular weight is 212 g/mol. The van der Waals surface area contributed by atoms with Gasteiger partial charge in [0.25, 0.3) is 5.91 Å². The lowest BCUT2D eigenvalue weighted by Gasteiger charge is -2.25. The number of nitrogens with zero attached hydrogens (tertiary/aromatic N) is 3. The predicted octanol–water partition coefficient (Wildman–Crippen LogP) is 0.746. The number of anilines is 1. The summed E-state index contributed by atoms with van der Waals surface area (Å²) in [6.45, 7) is 1.66. The maximum absolute atomic E-state index is 11.8. The molecule has 76 valence electrons. The number of rotatable bonds is 1. The van der Waals surface area contributed by atoms with E-state index in [2.05, 4.69) is 10.2 Å². The lowest BCUT2D eigenvalue weighted by Crippen LogP contribution is -2.35. The van der Waals surface area contributed by atoms with Crippen LogP contribution in [-0.2, 0) is 0 Å². The molecule has 6 heteroatoms. The number of hydrogen-bond acceptors (Lipinski definition) is 5. The zero-order valence-corrected chi connectivity index (χ0v) is 8.59. The molecule has 1 aromatic heterocycles. The summed E-state index contributed by atoms with van der Waals surface area (Å²) < 4.78 is 0. The molecular weight excluding hydrogens is 200 g/mol. The first-order chi connectivity index (χ1) is 6.77. The Labute approximate surface area is 85.9 Å². The number of likely N-dealkylation sites (tertiary alicyclic amines) is 1. The Hall–Kier alpha value is -1.17. The van der Waals surface area contributed by atoms with E-state index in [1.54, 1.807) is 0 Å². The quantitative estimate of drug-likeness (QED) is 0.745. The van der Waals surface area contributed by atoms with E-state index in [4.69, 9.17) is 5.73 Å². The maximum Gasteiger partial charge on any atom is 0.284 e. The number of carbonyl (C=O) groups is 1. The lowest BCUT2D eigenvalue weighted by atomic mass is 10.1. The SMILES string of the molecule is Nc1nnc(C(=O)N2CCCCC2)s1. The molecule has 0 bridgehead atoms. The van der Waals surface area contributed by atoms with E-state index in [1.165, 1.54) is 6.42 Å². The van der Waals surface area contributed by atoms with Gasteiger partial charge in [0.1, 0.15) is 0 Å². The van der Waals surface area contributed by atoms with Crippen molar-refractivity contribution in [2.24, 2.45) is 0 Å². The Balaban J connectivity index is 2.07. The summed E-state index contributed by atoms with van der Waals surface area (Å²) in [5.74, 6) is -0.0288. The fourth-order valence-corrected chi connectivity index (χ4v) is 2.13. The van der Waals surface area contributed by atoms with Crippen LogP contribution in [0.15, 0.2) is 0 Å². The van der Waals surface area contributed by atoms with E-state index in [9.17, 15) is 4.79 Å². The molecule has 0 radical (unpaired) electrons. The molecule has 0 spiro atoms. The van der Waals surface area contributed by atoms with Gasteiger partial charge < -0.3 is 10.6 Å². The summed E-state index contributed by atoms with van der Waals surface area (Å²) in [5.41, 5.74) is 5.42. The number of nitrogens with two attached hydrogens (primary N) is 1. The third-order valence-corrected chi connectivity index (χ3v) is 3.01. The summed E-state index contributed by atoms with van der Waals surface area (Å²) in [7, 11) is 0. The minimum Gasteiger partial charge on any atom is -0.374 e. The number of hydrogen-bond donors (Lipinski definition) is 1. The van der Waals surface area contributed by atoms with Gasteiger partial charge in [-0.3, -0.25) is 4.79 Å². The van der Waals surface area contributed by atoms with Gasteiger partial charge in [0.05, 0.1) is 0 Å². The van der Waals surface area contributed by atoms with E-state index in [-0.39, 0.29) is 5.91 Å². The average Bonchev–Trinajstić information content (AvgIpc) is 2.65. The van der Waals surface area contributed by atoms with Gasteiger partial charge in [-0.1, -0.05) is 11.3 Å². The third-order valence-electron chi connectivity index (χ3n) is 2.27. The highest BCUT2D eigenvalue weighted by Gasteiger charge is 2.21. The lowest BCUT2D eigenvalue weighted by molar-refractivity contribution is 0.0723. The van der Waals surface area contributed by atoms with E-state index in [0.29, 0.717) is 10.1 Å². The van der Waals surface area contributed by atoms with Gasteiger partial charge in [0.15, 0.2) is 0 Å². The Morgan fingerprint density at radius 2 is 2.00 bits per heavy atom. The van der Waals surface area contributed by atoms with Crippen molar-refractivity contribution in [3.63, 3.8) is 0 Å². The second kappa shape index (κ2) is 3.91. The largest absolute Gasteiger partial charge is 0.374 e. The molecule has 1 aromatic rings. The number of nitrogen functional groups attached to an aromatic ring is 1. The van der Waals surface area contributed by atoms with Crippen LogP contribution in [0.3, 0.4) is 0 Å². The standard InChI is InChI=1S/C8H12N4OS/c9-8-11-10-6(14-8)7(13)12-4-2-1-3-5-12/h1-5H2,(H2,9,11). The third kappa shape index (κ3) is 1.84. The van der Waals surface area contributed by atoms with Crippen molar-refractivity contribution < 1.29 is 4.79 Å². The van der Waals surface area contributed by atoms with Crippen LogP contribution >= 0.6 is 11.3 Å². The number of amides is 1. The Kier molecular flexibility index (Phi) is 2.62. The molecule has 1 fully saturated rings. The Morgan fingerprint density at radius 1 is 1.29 bits per heavy atom. The van der Waals surface area contributed by atoms with Gasteiger partial charge in [0, 0.05) is 13.1 Å². The maximum atomic E-state index is 11.8. The van der Waals surface area contributed by atoms with Gasteiger partial charge in [-0.25, -0.2) is 0 Å². The van der Waals surface area contributed by atoms with Crippen LogP contribution in [-0.4, -0.2) is 34.1 Å². The van der Waals surface area contributed by atoms with Crippen molar-refractivity contribution in [1.29, 1.82) is 0 Å². The first kappa shape index (κ1) is 9.39. The number of carbonyl (C=O) groups excluding carboxylic acids is 1. The van der Waals surface area contributed by atoms with Crippen molar-refractivity contribution in [2.75, 3.05) is 18.8 Å². The summed E-state index contributed by atoms with van der Waals surface area (Å²) in [6.07, 6.45) is 3.38. The van der Waals surface area contributed by atoms with E-state index in [0.717, 1.165) is 37.3 Å². The monoisotopic (exact) mass is 212 g/mol. The molecular formula is C8H12N4OS. The first-order valence-electron chi connectivity index (χ1n) is 4.65. The van der Waals surface area contributed by atoms with Crippen molar-refractivity contribution in [2.45, 2.75) is 19.3 Å². The van der Waals surface area contributed by atoms with Crippen LogP contribution in [0.5, 0.6) is 0 Å². The summed E-state index contributed by atoms with van der Waals surface area (Å²) in [4.78, 5) is 13.6. The molecule has 2 N–H and O–H groups in total. The Morgan fingerprint density at radius 3 is 2.57 bits per heavy atom. The smallest absolute Gasteiger partial charge is 0.284 e. The van der Waals surface area contributed by atoms with Crippen molar-refractivity contribution in [3.05, 3.63) is 5.01 Å². The molecule has 1 aliphatic rings. The molecule has 1 saturated heterocycles. The topological polar surface area (TPSA) is 72.1 Å². The molecule has 2 heterocycles. The Bertz CT molecular complexity index is 332. The molecule has 5 nitrogen and oxygen atoms in total. The van der Waals surface area contributed by atoms with Crippen LogP contribution in [0.4, 0.5) is 5.13 Å². The second-order valence-electron chi connectivity index (χ2n) is 3.30. The number of aromatic nitrogens is 2. The summed E-state index contributed by atoms with van der Waals surface area (Å²) in [5, 5.41) is 8.13. The highest BCUT2D eigenvalue weighted by atomic mass is 32.1. The number of piperidine rings is 1. The van der Waals surface area contributed by atoms with Crippen molar-refractivity contribution in [1.82, 2.24) is 15.1 Å². The molecule has 1 amide bonds. The van der Waals surface area contributed by atoms with Gasteiger partial charge in [0.2, 0.25) is 10.1 Å².